The first-order valence-corrected chi connectivity index (χ1v) is 4.33. The maximum atomic E-state index is 5.88. The first kappa shape index (κ1) is 11.8. The number of hydrogen-bond donors (Lipinski definition) is 2. The quantitative estimate of drug-likeness (QED) is 0.394. The van der Waals surface area contributed by atoms with Crippen LogP contribution in [0.2, 0.25) is 0 Å². The van der Waals surface area contributed by atoms with Crippen LogP contribution in [-0.2, 0) is 0 Å². The molecule has 0 spiro atoms. The standard InChI is InChI=1S/C10H19N3/c1-5-7-9(13(12)6-2)10(11)8(3)4/h5-8H,2,11-12H2,1,3-4H3/b7-5-,10-9-. The van der Waals surface area contributed by atoms with Crippen LogP contribution in [0.5, 0.6) is 0 Å². The number of hydrazine groups is 1. The Balaban J connectivity index is 4.98. The van der Waals surface area contributed by atoms with Crippen LogP contribution in [0, 0.1) is 5.92 Å². The van der Waals surface area contributed by atoms with Crippen molar-refractivity contribution in [2.45, 2.75) is 20.8 Å². The summed E-state index contributed by atoms with van der Waals surface area (Å²) in [5.74, 6) is 5.94. The van der Waals surface area contributed by atoms with Gasteiger partial charge in [0.05, 0.1) is 5.70 Å². The van der Waals surface area contributed by atoms with Crippen LogP contribution >= 0.6 is 0 Å². The van der Waals surface area contributed by atoms with Gasteiger partial charge in [-0.25, -0.2) is 5.84 Å². The zero-order valence-electron chi connectivity index (χ0n) is 8.62. The van der Waals surface area contributed by atoms with E-state index in [2.05, 4.69) is 6.58 Å². The van der Waals surface area contributed by atoms with E-state index in [1.807, 2.05) is 32.9 Å². The molecule has 0 aliphatic rings. The Morgan fingerprint density at radius 3 is 2.31 bits per heavy atom. The van der Waals surface area contributed by atoms with Crippen molar-refractivity contribution in [3.63, 3.8) is 0 Å². The van der Waals surface area contributed by atoms with Gasteiger partial charge in [0.25, 0.3) is 0 Å². The predicted molar refractivity (Wildman–Crippen MR) is 57.1 cm³/mol. The normalized spacial score (nSPS) is 13.3. The second kappa shape index (κ2) is 5.43. The van der Waals surface area contributed by atoms with Crippen molar-refractivity contribution in [2.24, 2.45) is 17.5 Å². The lowest BCUT2D eigenvalue weighted by atomic mass is 10.1. The highest BCUT2D eigenvalue weighted by atomic mass is 15.4. The molecule has 0 aromatic carbocycles. The van der Waals surface area contributed by atoms with Crippen molar-refractivity contribution in [3.8, 4) is 0 Å². The molecular weight excluding hydrogens is 162 g/mol. The van der Waals surface area contributed by atoms with Gasteiger partial charge in [-0.1, -0.05) is 26.5 Å². The van der Waals surface area contributed by atoms with E-state index in [0.29, 0.717) is 0 Å². The fraction of sp³-hybridized carbons (Fsp3) is 0.400. The molecule has 0 atom stereocenters. The number of nitrogens with two attached hydrogens (primary N) is 2. The van der Waals surface area contributed by atoms with Crippen LogP contribution in [0.25, 0.3) is 0 Å². The third-order valence-corrected chi connectivity index (χ3v) is 1.72. The molecule has 0 saturated carbocycles. The van der Waals surface area contributed by atoms with Gasteiger partial charge in [-0.05, 0) is 18.9 Å². The fourth-order valence-electron chi connectivity index (χ4n) is 0.883. The third kappa shape index (κ3) is 3.34. The van der Waals surface area contributed by atoms with E-state index in [0.717, 1.165) is 11.4 Å². The van der Waals surface area contributed by atoms with Crippen LogP contribution in [0.1, 0.15) is 20.8 Å². The second-order valence-electron chi connectivity index (χ2n) is 3.09. The van der Waals surface area contributed by atoms with Crippen LogP contribution in [-0.4, -0.2) is 5.01 Å². The van der Waals surface area contributed by atoms with Crippen molar-refractivity contribution in [1.29, 1.82) is 0 Å². The van der Waals surface area contributed by atoms with Gasteiger partial charge in [0.2, 0.25) is 0 Å². The van der Waals surface area contributed by atoms with Crippen molar-refractivity contribution in [2.75, 3.05) is 0 Å². The van der Waals surface area contributed by atoms with Gasteiger partial charge in [-0.15, -0.1) is 0 Å². The molecule has 74 valence electrons. The molecule has 3 nitrogen and oxygen atoms in total. The van der Waals surface area contributed by atoms with Crippen molar-refractivity contribution < 1.29 is 0 Å². The van der Waals surface area contributed by atoms with E-state index in [1.54, 1.807) is 0 Å². The zero-order valence-corrected chi connectivity index (χ0v) is 8.62. The summed E-state index contributed by atoms with van der Waals surface area (Å²) >= 11 is 0. The van der Waals surface area contributed by atoms with E-state index < -0.39 is 0 Å². The molecule has 0 unspecified atom stereocenters. The molecular formula is C10H19N3. The summed E-state index contributed by atoms with van der Waals surface area (Å²) in [6.45, 7) is 9.55. The van der Waals surface area contributed by atoms with E-state index >= 15 is 0 Å². The highest BCUT2D eigenvalue weighted by molar-refractivity contribution is 5.24. The van der Waals surface area contributed by atoms with Gasteiger partial charge in [0.15, 0.2) is 0 Å². The Kier molecular flexibility index (Phi) is 4.92. The number of allylic oxidation sites excluding steroid dienone is 3. The Morgan fingerprint density at radius 1 is 1.46 bits per heavy atom. The summed E-state index contributed by atoms with van der Waals surface area (Å²) in [4.78, 5) is 0. The highest BCUT2D eigenvalue weighted by Crippen LogP contribution is 2.12. The number of hydrogen-bond acceptors (Lipinski definition) is 3. The molecule has 0 aromatic heterocycles. The first-order chi connectivity index (χ1) is 6.04. The summed E-state index contributed by atoms with van der Waals surface area (Å²) in [5, 5.41) is 1.43. The van der Waals surface area contributed by atoms with E-state index in [9.17, 15) is 0 Å². The Morgan fingerprint density at radius 2 is 2.00 bits per heavy atom. The van der Waals surface area contributed by atoms with Crippen LogP contribution < -0.4 is 11.6 Å². The summed E-state index contributed by atoms with van der Waals surface area (Å²) in [5.41, 5.74) is 7.45. The van der Waals surface area contributed by atoms with E-state index in [-0.39, 0.29) is 5.92 Å². The third-order valence-electron chi connectivity index (χ3n) is 1.72. The molecule has 0 heterocycles. The van der Waals surface area contributed by atoms with Gasteiger partial charge in [-0.2, -0.15) is 0 Å². The van der Waals surface area contributed by atoms with Crippen LogP contribution in [0.4, 0.5) is 0 Å². The molecule has 0 aliphatic carbocycles. The maximum absolute atomic E-state index is 5.88. The van der Waals surface area contributed by atoms with Gasteiger partial charge in [0, 0.05) is 11.9 Å². The summed E-state index contributed by atoms with van der Waals surface area (Å²) in [7, 11) is 0. The molecule has 0 saturated heterocycles. The van der Waals surface area contributed by atoms with Crippen LogP contribution in [0.3, 0.4) is 0 Å². The highest BCUT2D eigenvalue weighted by Gasteiger charge is 2.07. The minimum Gasteiger partial charge on any atom is -0.400 e. The van der Waals surface area contributed by atoms with E-state index in [4.69, 9.17) is 11.6 Å². The fourth-order valence-corrected chi connectivity index (χ4v) is 0.883. The van der Waals surface area contributed by atoms with Crippen molar-refractivity contribution in [1.82, 2.24) is 5.01 Å². The van der Waals surface area contributed by atoms with E-state index in [1.165, 1.54) is 11.2 Å². The van der Waals surface area contributed by atoms with Crippen molar-refractivity contribution in [3.05, 3.63) is 36.3 Å². The SMILES string of the molecule is C=CN(N)C(/C=C\C)=C(\N)C(C)C. The predicted octanol–water partition coefficient (Wildman–Crippen LogP) is 1.71. The lowest BCUT2D eigenvalue weighted by Crippen LogP contribution is -2.27. The average Bonchev–Trinajstić information content (AvgIpc) is 2.11. The largest absolute Gasteiger partial charge is 0.400 e. The van der Waals surface area contributed by atoms with Crippen LogP contribution in [0.15, 0.2) is 36.3 Å². The minimum atomic E-state index is 0.275. The first-order valence-electron chi connectivity index (χ1n) is 4.33. The molecule has 13 heavy (non-hydrogen) atoms. The Labute approximate surface area is 80.4 Å². The van der Waals surface area contributed by atoms with Gasteiger partial charge >= 0.3 is 0 Å². The van der Waals surface area contributed by atoms with Crippen molar-refractivity contribution >= 4 is 0 Å². The molecule has 3 heteroatoms. The Bertz CT molecular complexity index is 226. The smallest absolute Gasteiger partial charge is 0.0754 e. The van der Waals surface area contributed by atoms with Gasteiger partial charge < -0.3 is 5.73 Å². The summed E-state index contributed by atoms with van der Waals surface area (Å²) < 4.78 is 0. The molecule has 0 aromatic rings. The molecule has 0 fully saturated rings. The number of rotatable bonds is 4. The second-order valence-corrected chi connectivity index (χ2v) is 3.09. The molecule has 0 bridgehead atoms. The topological polar surface area (TPSA) is 55.3 Å². The minimum absolute atomic E-state index is 0.275. The molecule has 0 rings (SSSR count). The zero-order chi connectivity index (χ0) is 10.4. The maximum Gasteiger partial charge on any atom is 0.0754 e. The Hall–Kier alpha value is -1.22. The summed E-state index contributed by atoms with van der Waals surface area (Å²) in [6.07, 6.45) is 5.30. The molecule has 0 aliphatic heterocycles. The lowest BCUT2D eigenvalue weighted by Gasteiger charge is -2.19. The van der Waals surface area contributed by atoms with Gasteiger partial charge in [0.1, 0.15) is 0 Å². The molecule has 4 N–H and O–H groups in total. The lowest BCUT2D eigenvalue weighted by molar-refractivity contribution is 0.492. The van der Waals surface area contributed by atoms with Gasteiger partial charge in [-0.3, -0.25) is 5.01 Å². The molecule has 0 radical (unpaired) electrons. The monoisotopic (exact) mass is 181 g/mol. The number of nitrogens with zero attached hydrogens (tertiary/aromatic N) is 1. The molecule has 0 amide bonds. The summed E-state index contributed by atoms with van der Waals surface area (Å²) in [6, 6.07) is 0. The average molecular weight is 181 g/mol.